The Bertz CT molecular complexity index is 565. The Balaban J connectivity index is 1.94. The molecule has 0 fully saturated rings. The zero-order chi connectivity index (χ0) is 13.8. The van der Waals surface area contributed by atoms with E-state index in [1.807, 2.05) is 35.5 Å². The normalized spacial score (nSPS) is 10.9. The summed E-state index contributed by atoms with van der Waals surface area (Å²) in [5, 5.41) is 1.92. The molecule has 0 atom stereocenters. The molecule has 0 aliphatic rings. The minimum atomic E-state index is 0.154. The van der Waals surface area contributed by atoms with E-state index in [2.05, 4.69) is 44.0 Å². The van der Waals surface area contributed by atoms with E-state index in [1.165, 1.54) is 16.9 Å². The van der Waals surface area contributed by atoms with Crippen LogP contribution in [0.5, 0.6) is 0 Å². The van der Waals surface area contributed by atoms with E-state index in [-0.39, 0.29) is 5.78 Å². The van der Waals surface area contributed by atoms with Crippen molar-refractivity contribution in [3.63, 3.8) is 0 Å². The molecular weight excluding hydrogens is 390 g/mol. The first kappa shape index (κ1) is 14.9. The number of carbonyl (C=O) groups excluding carboxylic acids is 1. The van der Waals surface area contributed by atoms with E-state index in [0.29, 0.717) is 6.54 Å². The van der Waals surface area contributed by atoms with Gasteiger partial charge in [-0.05, 0) is 52.1 Å². The van der Waals surface area contributed by atoms with Crippen LogP contribution in [0, 0.1) is 0 Å². The van der Waals surface area contributed by atoms with Gasteiger partial charge in [-0.1, -0.05) is 28.1 Å². The molecule has 1 heterocycles. The molecule has 0 aliphatic carbocycles. The molecule has 0 aliphatic heterocycles. The van der Waals surface area contributed by atoms with Crippen LogP contribution in [0.1, 0.15) is 15.2 Å². The molecule has 0 spiro atoms. The van der Waals surface area contributed by atoms with Crippen LogP contribution in [-0.2, 0) is 6.54 Å². The zero-order valence-electron chi connectivity index (χ0n) is 10.4. The van der Waals surface area contributed by atoms with Gasteiger partial charge < -0.3 is 0 Å². The van der Waals surface area contributed by atoms with Crippen molar-refractivity contribution in [2.45, 2.75) is 6.54 Å². The van der Waals surface area contributed by atoms with Gasteiger partial charge in [0.1, 0.15) is 0 Å². The molecule has 0 saturated heterocycles. The Morgan fingerprint density at radius 3 is 2.47 bits per heavy atom. The standard InChI is InChI=1S/C14H13Br2NOS/c1-17(8-10-2-4-11(15)5-3-10)9-13(18)14-12(16)6-7-19-14/h2-7H,8-9H2,1H3. The van der Waals surface area contributed by atoms with E-state index in [4.69, 9.17) is 0 Å². The van der Waals surface area contributed by atoms with E-state index >= 15 is 0 Å². The Hall–Kier alpha value is -0.490. The summed E-state index contributed by atoms with van der Waals surface area (Å²) in [6, 6.07) is 10.1. The van der Waals surface area contributed by atoms with Crippen molar-refractivity contribution in [3.8, 4) is 0 Å². The number of benzene rings is 1. The molecule has 2 rings (SSSR count). The Morgan fingerprint density at radius 1 is 1.21 bits per heavy atom. The molecule has 0 radical (unpaired) electrons. The summed E-state index contributed by atoms with van der Waals surface area (Å²) in [4.78, 5) is 14.9. The van der Waals surface area contributed by atoms with Gasteiger partial charge in [0.2, 0.25) is 0 Å². The van der Waals surface area contributed by atoms with Gasteiger partial charge >= 0.3 is 0 Å². The number of ketones is 1. The van der Waals surface area contributed by atoms with Crippen LogP contribution in [0.3, 0.4) is 0 Å². The second kappa shape index (κ2) is 6.79. The smallest absolute Gasteiger partial charge is 0.187 e. The fourth-order valence-corrected chi connectivity index (χ4v) is 3.56. The highest BCUT2D eigenvalue weighted by molar-refractivity contribution is 9.10. The molecule has 2 nitrogen and oxygen atoms in total. The van der Waals surface area contributed by atoms with Crippen LogP contribution in [0.4, 0.5) is 0 Å². The zero-order valence-corrected chi connectivity index (χ0v) is 14.4. The summed E-state index contributed by atoms with van der Waals surface area (Å²) >= 11 is 8.29. The summed E-state index contributed by atoms with van der Waals surface area (Å²) in [5.41, 5.74) is 1.20. The largest absolute Gasteiger partial charge is 0.295 e. The number of carbonyl (C=O) groups is 1. The maximum absolute atomic E-state index is 12.1. The summed E-state index contributed by atoms with van der Waals surface area (Å²) in [6.45, 7) is 1.19. The highest BCUT2D eigenvalue weighted by Crippen LogP contribution is 2.23. The van der Waals surface area contributed by atoms with Gasteiger partial charge in [-0.2, -0.15) is 0 Å². The van der Waals surface area contributed by atoms with Gasteiger partial charge in [-0.3, -0.25) is 9.69 Å². The van der Waals surface area contributed by atoms with E-state index in [0.717, 1.165) is 20.4 Å². The maximum Gasteiger partial charge on any atom is 0.187 e. The van der Waals surface area contributed by atoms with Gasteiger partial charge in [-0.25, -0.2) is 0 Å². The summed E-state index contributed by atoms with van der Waals surface area (Å²) in [5.74, 6) is 0.154. The lowest BCUT2D eigenvalue weighted by atomic mass is 10.2. The predicted molar refractivity (Wildman–Crippen MR) is 86.8 cm³/mol. The fourth-order valence-electron chi connectivity index (χ4n) is 1.77. The maximum atomic E-state index is 12.1. The number of rotatable bonds is 5. The summed E-state index contributed by atoms with van der Waals surface area (Å²) in [6.07, 6.45) is 0. The first-order chi connectivity index (χ1) is 9.06. The van der Waals surface area contributed by atoms with Gasteiger partial charge in [-0.15, -0.1) is 11.3 Å². The molecule has 0 N–H and O–H groups in total. The van der Waals surface area contributed by atoms with E-state index < -0.39 is 0 Å². The van der Waals surface area contributed by atoms with Crippen molar-refractivity contribution in [1.82, 2.24) is 4.90 Å². The van der Waals surface area contributed by atoms with Crippen LogP contribution >= 0.6 is 43.2 Å². The minimum absolute atomic E-state index is 0.154. The number of hydrogen-bond donors (Lipinski definition) is 0. The van der Waals surface area contributed by atoms with Crippen molar-refractivity contribution in [2.75, 3.05) is 13.6 Å². The van der Waals surface area contributed by atoms with E-state index in [1.54, 1.807) is 0 Å². The molecule has 0 bridgehead atoms. The lowest BCUT2D eigenvalue weighted by Crippen LogP contribution is -2.25. The van der Waals surface area contributed by atoms with E-state index in [9.17, 15) is 4.79 Å². The second-order valence-corrected chi connectivity index (χ2v) is 7.01. The number of thiophene rings is 1. The highest BCUT2D eigenvalue weighted by Gasteiger charge is 2.13. The van der Waals surface area contributed by atoms with Crippen LogP contribution in [-0.4, -0.2) is 24.3 Å². The Kier molecular flexibility index (Phi) is 5.33. The van der Waals surface area contributed by atoms with Crippen molar-refractivity contribution < 1.29 is 4.79 Å². The SMILES string of the molecule is CN(CC(=O)c1sccc1Br)Cc1ccc(Br)cc1. The highest BCUT2D eigenvalue weighted by atomic mass is 79.9. The minimum Gasteiger partial charge on any atom is -0.295 e. The number of hydrogen-bond acceptors (Lipinski definition) is 3. The van der Waals surface area contributed by atoms with Gasteiger partial charge in [0, 0.05) is 15.5 Å². The first-order valence-electron chi connectivity index (χ1n) is 5.75. The summed E-state index contributed by atoms with van der Waals surface area (Å²) < 4.78 is 1.96. The third kappa shape index (κ3) is 4.24. The topological polar surface area (TPSA) is 20.3 Å². The predicted octanol–water partition coefficient (Wildman–Crippen LogP) is 4.59. The lowest BCUT2D eigenvalue weighted by Gasteiger charge is -2.15. The number of halogens is 2. The number of likely N-dealkylation sites (N-methyl/N-ethyl adjacent to an activating group) is 1. The Morgan fingerprint density at radius 2 is 1.89 bits per heavy atom. The first-order valence-corrected chi connectivity index (χ1v) is 8.22. The van der Waals surface area contributed by atoms with Crippen LogP contribution in [0.15, 0.2) is 44.7 Å². The van der Waals surface area contributed by atoms with Crippen LogP contribution in [0.25, 0.3) is 0 Å². The fraction of sp³-hybridized carbons (Fsp3) is 0.214. The molecule has 5 heteroatoms. The van der Waals surface area contributed by atoms with Crippen molar-refractivity contribution in [1.29, 1.82) is 0 Å². The number of Topliss-reactive ketones (excluding diaryl/α,β-unsaturated/α-hetero) is 1. The Labute approximate surface area is 133 Å². The average molecular weight is 403 g/mol. The average Bonchev–Trinajstić information content (AvgIpc) is 2.78. The van der Waals surface area contributed by atoms with Gasteiger partial charge in [0.25, 0.3) is 0 Å². The van der Waals surface area contributed by atoms with Crippen LogP contribution in [0.2, 0.25) is 0 Å². The molecule has 0 amide bonds. The van der Waals surface area contributed by atoms with Gasteiger partial charge in [0.05, 0.1) is 11.4 Å². The molecule has 2 aromatic rings. The quantitative estimate of drug-likeness (QED) is 0.681. The molecule has 1 aromatic carbocycles. The molecule has 0 saturated carbocycles. The molecule has 1 aromatic heterocycles. The lowest BCUT2D eigenvalue weighted by molar-refractivity contribution is 0.0946. The van der Waals surface area contributed by atoms with Crippen molar-refractivity contribution >= 4 is 49.0 Å². The molecule has 100 valence electrons. The molecule has 0 unspecified atom stereocenters. The third-order valence-electron chi connectivity index (χ3n) is 2.65. The third-order valence-corrected chi connectivity index (χ3v) is 5.06. The second-order valence-electron chi connectivity index (χ2n) is 4.32. The van der Waals surface area contributed by atoms with Gasteiger partial charge in [0.15, 0.2) is 5.78 Å². The van der Waals surface area contributed by atoms with Crippen molar-refractivity contribution in [2.24, 2.45) is 0 Å². The molecular formula is C14H13Br2NOS. The number of nitrogens with zero attached hydrogens (tertiary/aromatic N) is 1. The van der Waals surface area contributed by atoms with Crippen LogP contribution < -0.4 is 0 Å². The summed E-state index contributed by atoms with van der Waals surface area (Å²) in [7, 11) is 1.96. The monoisotopic (exact) mass is 401 g/mol. The molecule has 19 heavy (non-hydrogen) atoms. The van der Waals surface area contributed by atoms with Crippen molar-refractivity contribution in [3.05, 3.63) is 55.1 Å².